The number of alkyl halides is 3. The highest BCUT2D eigenvalue weighted by Crippen LogP contribution is 2.50. The SMILES string of the molecule is Cc1c(C(=O)NC(C)CCC(C)C)sc2c1CN(C1=NOC(c3cc(Cl)cc(Cl)c3)(C(F)(F)F)C1)C2. The molecule has 2 unspecified atom stereocenters. The van der Waals surface area contributed by atoms with E-state index in [0.29, 0.717) is 23.9 Å². The van der Waals surface area contributed by atoms with Gasteiger partial charge < -0.3 is 15.1 Å². The zero-order valence-corrected chi connectivity index (χ0v) is 22.8. The van der Waals surface area contributed by atoms with E-state index in [9.17, 15) is 18.0 Å². The number of nitrogens with one attached hydrogen (secondary N) is 1. The van der Waals surface area contributed by atoms with Crippen LogP contribution in [-0.2, 0) is 23.5 Å². The number of nitrogens with zero attached hydrogens (tertiary/aromatic N) is 2. The number of amides is 1. The van der Waals surface area contributed by atoms with Crippen LogP contribution in [-0.4, -0.2) is 28.9 Å². The Balaban J connectivity index is 1.48. The van der Waals surface area contributed by atoms with Gasteiger partial charge in [-0.05, 0) is 61.9 Å². The Hall–Kier alpha value is -1.97. The van der Waals surface area contributed by atoms with Gasteiger partial charge >= 0.3 is 6.18 Å². The second-order valence-electron chi connectivity index (χ2n) is 9.92. The normalized spacial score (nSPS) is 20.4. The number of thiophene rings is 1. The molecule has 3 heterocycles. The molecule has 0 bridgehead atoms. The van der Waals surface area contributed by atoms with Gasteiger partial charge in [0.1, 0.15) is 5.84 Å². The zero-order valence-electron chi connectivity index (χ0n) is 20.4. The maximum absolute atomic E-state index is 14.3. The molecule has 2 aliphatic rings. The Kier molecular flexibility index (Phi) is 7.57. The molecular weight excluding hydrogens is 534 g/mol. The number of hydrogen-bond acceptors (Lipinski definition) is 5. The molecule has 0 saturated heterocycles. The summed E-state index contributed by atoms with van der Waals surface area (Å²) < 4.78 is 42.9. The van der Waals surface area contributed by atoms with E-state index in [1.165, 1.54) is 29.5 Å². The van der Waals surface area contributed by atoms with Crippen LogP contribution in [0.25, 0.3) is 0 Å². The summed E-state index contributed by atoms with van der Waals surface area (Å²) in [7, 11) is 0. The minimum Gasteiger partial charge on any atom is -0.372 e. The molecule has 0 spiro atoms. The van der Waals surface area contributed by atoms with Crippen LogP contribution in [0.4, 0.5) is 13.2 Å². The molecule has 0 fully saturated rings. The lowest BCUT2D eigenvalue weighted by Gasteiger charge is -2.30. The van der Waals surface area contributed by atoms with E-state index in [1.54, 1.807) is 4.90 Å². The number of halogens is 5. The van der Waals surface area contributed by atoms with Crippen LogP contribution in [0, 0.1) is 12.8 Å². The molecule has 5 nitrogen and oxygen atoms in total. The van der Waals surface area contributed by atoms with E-state index < -0.39 is 18.2 Å². The van der Waals surface area contributed by atoms with Crippen molar-refractivity contribution in [3.8, 4) is 0 Å². The summed E-state index contributed by atoms with van der Waals surface area (Å²) in [5, 5.41) is 7.10. The summed E-state index contributed by atoms with van der Waals surface area (Å²) in [6, 6.07) is 3.84. The van der Waals surface area contributed by atoms with Gasteiger partial charge in [0.2, 0.25) is 0 Å². The topological polar surface area (TPSA) is 53.9 Å². The number of carbonyl (C=O) groups excluding carboxylic acids is 1. The van der Waals surface area contributed by atoms with Crippen LogP contribution in [0.2, 0.25) is 10.0 Å². The second kappa shape index (κ2) is 10.1. The van der Waals surface area contributed by atoms with E-state index >= 15 is 0 Å². The van der Waals surface area contributed by atoms with Crippen LogP contribution in [0.3, 0.4) is 0 Å². The van der Waals surface area contributed by atoms with Gasteiger partial charge in [-0.15, -0.1) is 11.3 Å². The van der Waals surface area contributed by atoms with Crippen LogP contribution in [0.5, 0.6) is 0 Å². The largest absolute Gasteiger partial charge is 0.435 e. The fourth-order valence-electron chi connectivity index (χ4n) is 4.55. The predicted octanol–water partition coefficient (Wildman–Crippen LogP) is 7.43. The number of amidine groups is 1. The molecular formula is C25H28Cl2F3N3O2S. The van der Waals surface area contributed by atoms with Gasteiger partial charge in [0.05, 0.1) is 17.8 Å². The first-order valence-corrected chi connectivity index (χ1v) is 13.3. The highest BCUT2D eigenvalue weighted by atomic mass is 35.5. The monoisotopic (exact) mass is 561 g/mol. The zero-order chi connectivity index (χ0) is 26.4. The van der Waals surface area contributed by atoms with Crippen LogP contribution in [0.1, 0.15) is 71.3 Å². The fourth-order valence-corrected chi connectivity index (χ4v) is 6.31. The Morgan fingerprint density at radius 1 is 1.19 bits per heavy atom. The third-order valence-corrected chi connectivity index (χ3v) is 8.42. The Morgan fingerprint density at radius 3 is 2.44 bits per heavy atom. The molecule has 1 amide bonds. The maximum Gasteiger partial charge on any atom is 0.435 e. The minimum absolute atomic E-state index is 0.0632. The molecule has 1 aromatic heterocycles. The number of fused-ring (bicyclic) bond motifs is 1. The lowest BCUT2D eigenvalue weighted by Crippen LogP contribution is -2.43. The van der Waals surface area contributed by atoms with Gasteiger partial charge in [-0.3, -0.25) is 4.79 Å². The van der Waals surface area contributed by atoms with Gasteiger partial charge in [-0.25, -0.2) is 0 Å². The van der Waals surface area contributed by atoms with E-state index in [2.05, 4.69) is 24.3 Å². The van der Waals surface area contributed by atoms with E-state index in [1.807, 2.05) is 13.8 Å². The highest BCUT2D eigenvalue weighted by molar-refractivity contribution is 7.14. The minimum atomic E-state index is -4.75. The van der Waals surface area contributed by atoms with Crippen molar-refractivity contribution < 1.29 is 22.8 Å². The molecule has 0 radical (unpaired) electrons. The molecule has 36 heavy (non-hydrogen) atoms. The van der Waals surface area contributed by atoms with Crippen molar-refractivity contribution in [3.05, 3.63) is 54.7 Å². The third kappa shape index (κ3) is 5.20. The Bertz CT molecular complexity index is 1180. The average Bonchev–Trinajstić information content (AvgIpc) is 3.46. The van der Waals surface area contributed by atoms with Crippen molar-refractivity contribution in [3.63, 3.8) is 0 Å². The van der Waals surface area contributed by atoms with Gasteiger partial charge in [0.25, 0.3) is 11.5 Å². The summed E-state index contributed by atoms with van der Waals surface area (Å²) in [5.74, 6) is 0.654. The van der Waals surface area contributed by atoms with Crippen molar-refractivity contribution in [2.45, 2.75) is 77.9 Å². The highest BCUT2D eigenvalue weighted by Gasteiger charge is 2.63. The third-order valence-electron chi connectivity index (χ3n) is 6.67. The molecule has 2 aliphatic heterocycles. The predicted molar refractivity (Wildman–Crippen MR) is 137 cm³/mol. The number of rotatable bonds is 6. The molecule has 4 rings (SSSR count). The fraction of sp³-hybridized carbons (Fsp3) is 0.520. The molecule has 0 saturated carbocycles. The van der Waals surface area contributed by atoms with Crippen LogP contribution >= 0.6 is 34.5 Å². The Labute approximate surface area is 222 Å². The second-order valence-corrected chi connectivity index (χ2v) is 11.9. The molecule has 196 valence electrons. The van der Waals surface area contributed by atoms with Crippen LogP contribution in [0.15, 0.2) is 23.4 Å². The van der Waals surface area contributed by atoms with Crippen molar-refractivity contribution in [1.29, 1.82) is 0 Å². The van der Waals surface area contributed by atoms with E-state index in [0.717, 1.165) is 28.8 Å². The smallest absolute Gasteiger partial charge is 0.372 e. The van der Waals surface area contributed by atoms with Gasteiger partial charge in [-0.1, -0.05) is 42.2 Å². The first-order chi connectivity index (χ1) is 16.8. The molecule has 0 aliphatic carbocycles. The molecule has 1 N–H and O–H groups in total. The number of benzene rings is 1. The summed E-state index contributed by atoms with van der Waals surface area (Å²) in [4.78, 5) is 21.4. The molecule has 2 atom stereocenters. The van der Waals surface area contributed by atoms with Crippen molar-refractivity contribution in [1.82, 2.24) is 10.2 Å². The molecule has 2 aromatic rings. The van der Waals surface area contributed by atoms with Gasteiger partial charge in [0, 0.05) is 33.1 Å². The number of oxime groups is 1. The summed E-state index contributed by atoms with van der Waals surface area (Å²) in [5.41, 5.74) is -1.05. The summed E-state index contributed by atoms with van der Waals surface area (Å²) in [6.07, 6.45) is -3.31. The van der Waals surface area contributed by atoms with Crippen molar-refractivity contribution >= 4 is 46.3 Å². The first kappa shape index (κ1) is 27.1. The van der Waals surface area contributed by atoms with Crippen molar-refractivity contribution in [2.75, 3.05) is 0 Å². The molecule has 11 heteroatoms. The lowest BCUT2D eigenvalue weighted by atomic mass is 9.89. The summed E-state index contributed by atoms with van der Waals surface area (Å²) in [6.45, 7) is 8.90. The standard InChI is InChI=1S/C25H28Cl2F3N3O2S/c1-13(2)5-6-14(3)31-23(34)22-15(4)19-11-33(12-20(19)36-22)21-10-24(35-32-21,25(28,29)30)16-7-17(26)9-18(27)8-16/h7-9,13-14H,5-6,10-12H2,1-4H3,(H,31,34). The first-order valence-electron chi connectivity index (χ1n) is 11.8. The molecule has 1 aromatic carbocycles. The van der Waals surface area contributed by atoms with Crippen LogP contribution < -0.4 is 5.32 Å². The van der Waals surface area contributed by atoms with E-state index in [4.69, 9.17) is 28.0 Å². The quantitative estimate of drug-likeness (QED) is 0.399. The van der Waals surface area contributed by atoms with Gasteiger partial charge in [0.15, 0.2) is 0 Å². The van der Waals surface area contributed by atoms with Crippen molar-refractivity contribution in [2.24, 2.45) is 11.1 Å². The Morgan fingerprint density at radius 2 is 1.86 bits per heavy atom. The lowest BCUT2D eigenvalue weighted by molar-refractivity contribution is -0.275. The number of carbonyl (C=O) groups is 1. The van der Waals surface area contributed by atoms with Gasteiger partial charge in [-0.2, -0.15) is 13.2 Å². The summed E-state index contributed by atoms with van der Waals surface area (Å²) >= 11 is 13.4. The maximum atomic E-state index is 14.3. The average molecular weight is 562 g/mol. The number of hydrogen-bond donors (Lipinski definition) is 1. The van der Waals surface area contributed by atoms with E-state index in [-0.39, 0.29) is 33.4 Å².